The first-order chi connectivity index (χ1) is 10.9. The van der Waals surface area contributed by atoms with Crippen LogP contribution in [0.25, 0.3) is 0 Å². The van der Waals surface area contributed by atoms with Crippen LogP contribution in [0, 0.1) is 5.41 Å². The quantitative estimate of drug-likeness (QED) is 0.527. The zero-order valence-corrected chi connectivity index (χ0v) is 15.0. The Morgan fingerprint density at radius 1 is 1.17 bits per heavy atom. The summed E-state index contributed by atoms with van der Waals surface area (Å²) in [6.45, 7) is 8.82. The molecule has 0 spiro atoms. The third-order valence-electron chi connectivity index (χ3n) is 3.27. The second kappa shape index (κ2) is 9.36. The van der Waals surface area contributed by atoms with Crippen molar-refractivity contribution in [2.24, 2.45) is 5.41 Å². The van der Waals surface area contributed by atoms with Crippen molar-refractivity contribution in [1.82, 2.24) is 5.06 Å². The Morgan fingerprint density at radius 3 is 2.35 bits per heavy atom. The largest absolute Gasteiger partial charge is 0.497 e. The molecular formula is C19H29NO3. The van der Waals surface area contributed by atoms with Gasteiger partial charge in [-0.05, 0) is 44.9 Å². The number of ether oxygens (including phenoxy) is 1. The highest BCUT2D eigenvalue weighted by atomic mass is 16.7. The van der Waals surface area contributed by atoms with E-state index < -0.39 is 5.41 Å². The number of unbranched alkanes of at least 4 members (excludes halogenated alkanes) is 1. The average Bonchev–Trinajstić information content (AvgIpc) is 2.51. The molecule has 0 atom stereocenters. The van der Waals surface area contributed by atoms with Gasteiger partial charge in [0.2, 0.25) is 0 Å². The van der Waals surface area contributed by atoms with Gasteiger partial charge in [0.15, 0.2) is 0 Å². The Bertz CT molecular complexity index is 500. The Labute approximate surface area is 140 Å². The molecule has 0 radical (unpaired) electrons. The molecule has 0 aliphatic carbocycles. The second-order valence-electron chi connectivity index (χ2n) is 6.56. The minimum absolute atomic E-state index is 0.227. The number of benzene rings is 1. The molecule has 0 aromatic heterocycles. The molecule has 0 aliphatic rings. The summed E-state index contributed by atoms with van der Waals surface area (Å²) < 4.78 is 5.17. The second-order valence-corrected chi connectivity index (χ2v) is 6.56. The zero-order chi connectivity index (χ0) is 17.3. The standard InChI is InChI=1S/C19H29NO3/c1-6-7-8-9-14-20(23-18(21)19(2,3)4)15-16-10-12-17(22-5)13-11-16/h8-13H,6-7,14-15H2,1-5H3/b9-8+. The number of hydrogen-bond acceptors (Lipinski definition) is 4. The smallest absolute Gasteiger partial charge is 0.330 e. The van der Waals surface area contributed by atoms with Crippen molar-refractivity contribution >= 4 is 5.97 Å². The lowest BCUT2D eigenvalue weighted by Gasteiger charge is -2.24. The molecule has 0 saturated carbocycles. The Hall–Kier alpha value is -1.81. The normalized spacial score (nSPS) is 11.9. The van der Waals surface area contributed by atoms with Gasteiger partial charge in [-0.1, -0.05) is 37.6 Å². The Kier molecular flexibility index (Phi) is 7.83. The van der Waals surface area contributed by atoms with Crippen molar-refractivity contribution < 1.29 is 14.4 Å². The summed E-state index contributed by atoms with van der Waals surface area (Å²) in [5, 5.41) is 1.70. The maximum atomic E-state index is 12.1. The fourth-order valence-corrected chi connectivity index (χ4v) is 1.80. The molecule has 1 rings (SSSR count). The number of hydroxylamine groups is 2. The summed E-state index contributed by atoms with van der Waals surface area (Å²) in [5.74, 6) is 0.588. The fraction of sp³-hybridized carbons (Fsp3) is 0.526. The molecule has 4 heteroatoms. The van der Waals surface area contributed by atoms with Crippen molar-refractivity contribution in [3.63, 3.8) is 0 Å². The van der Waals surface area contributed by atoms with E-state index in [0.717, 1.165) is 24.2 Å². The predicted octanol–water partition coefficient (Wildman–Crippen LogP) is 4.36. The highest BCUT2D eigenvalue weighted by Crippen LogP contribution is 2.18. The maximum absolute atomic E-state index is 12.1. The summed E-state index contributed by atoms with van der Waals surface area (Å²) in [6, 6.07) is 7.77. The highest BCUT2D eigenvalue weighted by molar-refractivity contribution is 5.75. The van der Waals surface area contributed by atoms with Crippen molar-refractivity contribution in [2.75, 3.05) is 13.7 Å². The highest BCUT2D eigenvalue weighted by Gasteiger charge is 2.25. The van der Waals surface area contributed by atoms with Crippen molar-refractivity contribution in [1.29, 1.82) is 0 Å². The van der Waals surface area contributed by atoms with Crippen LogP contribution in [0.15, 0.2) is 36.4 Å². The first-order valence-corrected chi connectivity index (χ1v) is 8.12. The number of hydrogen-bond donors (Lipinski definition) is 0. The van der Waals surface area contributed by atoms with E-state index in [2.05, 4.69) is 13.0 Å². The van der Waals surface area contributed by atoms with Gasteiger partial charge in [0.25, 0.3) is 0 Å². The van der Waals surface area contributed by atoms with Gasteiger partial charge in [-0.2, -0.15) is 0 Å². The molecule has 1 aromatic carbocycles. The average molecular weight is 319 g/mol. The number of allylic oxidation sites excluding steroid dienone is 1. The van der Waals surface area contributed by atoms with Gasteiger partial charge >= 0.3 is 5.97 Å². The van der Waals surface area contributed by atoms with E-state index in [0.29, 0.717) is 13.1 Å². The van der Waals surface area contributed by atoms with Crippen LogP contribution in [-0.4, -0.2) is 24.7 Å². The van der Waals surface area contributed by atoms with Crippen LogP contribution in [0.3, 0.4) is 0 Å². The van der Waals surface area contributed by atoms with E-state index in [1.54, 1.807) is 12.2 Å². The molecule has 0 bridgehead atoms. The summed E-state index contributed by atoms with van der Waals surface area (Å²) in [7, 11) is 1.64. The monoisotopic (exact) mass is 319 g/mol. The SMILES string of the molecule is CCC/C=C/CN(Cc1ccc(OC)cc1)OC(=O)C(C)(C)C. The van der Waals surface area contributed by atoms with Gasteiger partial charge in [-0.3, -0.25) is 0 Å². The molecule has 0 aliphatic heterocycles. The molecule has 0 heterocycles. The minimum atomic E-state index is -0.523. The molecule has 128 valence electrons. The van der Waals surface area contributed by atoms with Crippen molar-refractivity contribution in [2.45, 2.75) is 47.1 Å². The lowest BCUT2D eigenvalue weighted by atomic mass is 9.98. The topological polar surface area (TPSA) is 38.8 Å². The van der Waals surface area contributed by atoms with E-state index in [-0.39, 0.29) is 5.97 Å². The molecular weight excluding hydrogens is 290 g/mol. The molecule has 0 fully saturated rings. The van der Waals surface area contributed by atoms with Gasteiger partial charge in [0, 0.05) is 0 Å². The molecule has 0 amide bonds. The van der Waals surface area contributed by atoms with E-state index >= 15 is 0 Å². The molecule has 1 aromatic rings. The van der Waals surface area contributed by atoms with Crippen LogP contribution in [0.2, 0.25) is 0 Å². The van der Waals surface area contributed by atoms with E-state index in [9.17, 15) is 4.79 Å². The van der Waals surface area contributed by atoms with Gasteiger partial charge in [-0.25, -0.2) is 4.79 Å². The summed E-state index contributed by atoms with van der Waals surface area (Å²) in [4.78, 5) is 17.7. The summed E-state index contributed by atoms with van der Waals surface area (Å²) in [5.41, 5.74) is 0.544. The van der Waals surface area contributed by atoms with Crippen LogP contribution in [-0.2, 0) is 16.2 Å². The lowest BCUT2D eigenvalue weighted by Crippen LogP contribution is -2.33. The number of methoxy groups -OCH3 is 1. The van der Waals surface area contributed by atoms with Crippen LogP contribution in [0.4, 0.5) is 0 Å². The summed E-state index contributed by atoms with van der Waals surface area (Å²) in [6.07, 6.45) is 6.30. The first kappa shape index (κ1) is 19.2. The Balaban J connectivity index is 2.74. The number of nitrogens with zero attached hydrogens (tertiary/aromatic N) is 1. The first-order valence-electron chi connectivity index (χ1n) is 8.12. The van der Waals surface area contributed by atoms with Crippen molar-refractivity contribution in [3.05, 3.63) is 42.0 Å². The fourth-order valence-electron chi connectivity index (χ4n) is 1.80. The van der Waals surface area contributed by atoms with Crippen LogP contribution < -0.4 is 4.74 Å². The number of carbonyl (C=O) groups is 1. The predicted molar refractivity (Wildman–Crippen MR) is 93.0 cm³/mol. The van der Waals surface area contributed by atoms with Crippen molar-refractivity contribution in [3.8, 4) is 5.75 Å². The third-order valence-corrected chi connectivity index (χ3v) is 3.27. The summed E-state index contributed by atoms with van der Waals surface area (Å²) >= 11 is 0. The van der Waals surface area contributed by atoms with E-state index in [4.69, 9.17) is 9.57 Å². The minimum Gasteiger partial charge on any atom is -0.497 e. The van der Waals surface area contributed by atoms with Crippen LogP contribution in [0.5, 0.6) is 5.75 Å². The maximum Gasteiger partial charge on any atom is 0.330 e. The van der Waals surface area contributed by atoms with Gasteiger partial charge < -0.3 is 9.57 Å². The van der Waals surface area contributed by atoms with E-state index in [1.807, 2.05) is 51.1 Å². The molecule has 0 unspecified atom stereocenters. The van der Waals surface area contributed by atoms with Crippen LogP contribution in [0.1, 0.15) is 46.1 Å². The third kappa shape index (κ3) is 7.33. The molecule has 23 heavy (non-hydrogen) atoms. The van der Waals surface area contributed by atoms with Gasteiger partial charge in [0.05, 0.1) is 25.6 Å². The molecule has 0 N–H and O–H groups in total. The van der Waals surface area contributed by atoms with Gasteiger partial charge in [0.1, 0.15) is 5.75 Å². The van der Waals surface area contributed by atoms with Gasteiger partial charge in [-0.15, -0.1) is 5.06 Å². The number of carbonyl (C=O) groups excluding carboxylic acids is 1. The Morgan fingerprint density at radius 2 is 1.83 bits per heavy atom. The van der Waals surface area contributed by atoms with E-state index in [1.165, 1.54) is 0 Å². The molecule has 0 saturated heterocycles. The number of rotatable bonds is 8. The van der Waals surface area contributed by atoms with Crippen LogP contribution >= 0.6 is 0 Å². The molecule has 4 nitrogen and oxygen atoms in total. The zero-order valence-electron chi connectivity index (χ0n) is 15.0. The lowest BCUT2D eigenvalue weighted by molar-refractivity contribution is -0.200.